The Hall–Kier alpha value is -0.710. The summed E-state index contributed by atoms with van der Waals surface area (Å²) in [6, 6.07) is 0.300. The van der Waals surface area contributed by atoms with Crippen molar-refractivity contribution in [2.45, 2.75) is 63.8 Å². The number of hydrogen-bond donors (Lipinski definition) is 2. The molecule has 0 aromatic carbocycles. The number of carbonyl (C=O) groups is 2. The van der Waals surface area contributed by atoms with Gasteiger partial charge < -0.3 is 10.4 Å². The van der Waals surface area contributed by atoms with Crippen LogP contribution in [0.4, 0.5) is 0 Å². The van der Waals surface area contributed by atoms with Crippen molar-refractivity contribution in [3.05, 3.63) is 0 Å². The molecule has 0 radical (unpaired) electrons. The summed E-state index contributed by atoms with van der Waals surface area (Å²) >= 11 is 1.94. The quantitative estimate of drug-likeness (QED) is 0.819. The van der Waals surface area contributed by atoms with Crippen LogP contribution in [0.15, 0.2) is 0 Å². The summed E-state index contributed by atoms with van der Waals surface area (Å²) in [4.78, 5) is 23.4. The number of carbonyl (C=O) groups excluding carboxylic acids is 1. The summed E-state index contributed by atoms with van der Waals surface area (Å²) in [5.74, 6) is 1.52. The molecule has 1 aliphatic carbocycles. The van der Waals surface area contributed by atoms with Gasteiger partial charge in [-0.2, -0.15) is 11.8 Å². The van der Waals surface area contributed by atoms with Crippen LogP contribution in [0.3, 0.4) is 0 Å². The van der Waals surface area contributed by atoms with E-state index in [1.165, 1.54) is 6.42 Å². The van der Waals surface area contributed by atoms with E-state index in [1.807, 2.05) is 11.8 Å². The highest BCUT2D eigenvalue weighted by molar-refractivity contribution is 7.99. The van der Waals surface area contributed by atoms with Gasteiger partial charge in [-0.05, 0) is 42.6 Å². The zero-order valence-corrected chi connectivity index (χ0v) is 12.8. The van der Waals surface area contributed by atoms with Crippen LogP contribution in [-0.2, 0) is 9.59 Å². The van der Waals surface area contributed by atoms with Gasteiger partial charge in [0.2, 0.25) is 5.91 Å². The van der Waals surface area contributed by atoms with Crippen LogP contribution < -0.4 is 5.32 Å². The number of nitrogens with one attached hydrogen (secondary N) is 1. The highest BCUT2D eigenvalue weighted by atomic mass is 32.2. The van der Waals surface area contributed by atoms with E-state index in [2.05, 4.69) is 5.32 Å². The zero-order chi connectivity index (χ0) is 14.4. The van der Waals surface area contributed by atoms with Gasteiger partial charge in [0.05, 0.1) is 6.42 Å². The highest BCUT2D eigenvalue weighted by Gasteiger charge is 2.36. The van der Waals surface area contributed by atoms with E-state index < -0.39 is 5.97 Å². The lowest BCUT2D eigenvalue weighted by atomic mass is 9.69. The van der Waals surface area contributed by atoms with Crippen molar-refractivity contribution in [1.82, 2.24) is 5.32 Å². The fraction of sp³-hybridized carbons (Fsp3) is 0.867. The van der Waals surface area contributed by atoms with Crippen LogP contribution in [0.25, 0.3) is 0 Å². The molecule has 0 spiro atoms. The summed E-state index contributed by atoms with van der Waals surface area (Å²) < 4.78 is 0. The maximum atomic E-state index is 12.3. The van der Waals surface area contributed by atoms with Crippen LogP contribution in [0.2, 0.25) is 0 Å². The van der Waals surface area contributed by atoms with E-state index in [-0.39, 0.29) is 17.7 Å². The van der Waals surface area contributed by atoms with Gasteiger partial charge in [-0.3, -0.25) is 9.59 Å². The minimum atomic E-state index is -0.770. The predicted octanol–water partition coefficient (Wildman–Crippen LogP) is 2.81. The lowest BCUT2D eigenvalue weighted by Crippen LogP contribution is -2.41. The molecule has 0 aromatic rings. The smallest absolute Gasteiger partial charge is 0.303 e. The summed E-state index contributed by atoms with van der Waals surface area (Å²) in [6.07, 6.45) is 7.67. The minimum absolute atomic E-state index is 0.0602. The predicted molar refractivity (Wildman–Crippen MR) is 80.9 cm³/mol. The standard InChI is InChI=1S/C15H25NO3S/c17-13(16-12-4-8-20-9-5-12)10-15(11-14(18)19)6-2-1-3-7-15/h12H,1-11H2,(H,16,17)(H,18,19). The molecule has 20 heavy (non-hydrogen) atoms. The molecule has 2 fully saturated rings. The SMILES string of the molecule is O=C(O)CC1(CC(=O)NC2CCSCC2)CCCCC1. The molecule has 1 amide bonds. The van der Waals surface area contributed by atoms with Gasteiger partial charge in [0.15, 0.2) is 0 Å². The zero-order valence-electron chi connectivity index (χ0n) is 12.0. The lowest BCUT2D eigenvalue weighted by molar-refractivity contribution is -0.141. The normalized spacial score (nSPS) is 23.2. The van der Waals surface area contributed by atoms with Gasteiger partial charge in [0.25, 0.3) is 0 Å². The largest absolute Gasteiger partial charge is 0.481 e. The van der Waals surface area contributed by atoms with Gasteiger partial charge >= 0.3 is 5.97 Å². The average Bonchev–Trinajstić information content (AvgIpc) is 2.39. The molecular formula is C15H25NO3S. The summed E-state index contributed by atoms with van der Waals surface area (Å²) in [6.45, 7) is 0. The Bertz CT molecular complexity index is 347. The molecular weight excluding hydrogens is 274 g/mol. The number of hydrogen-bond acceptors (Lipinski definition) is 3. The molecule has 114 valence electrons. The van der Waals surface area contributed by atoms with Crippen molar-refractivity contribution in [3.63, 3.8) is 0 Å². The second-order valence-electron chi connectivity index (χ2n) is 6.26. The van der Waals surface area contributed by atoms with Crippen molar-refractivity contribution in [1.29, 1.82) is 0 Å². The first-order valence-electron chi connectivity index (χ1n) is 7.69. The first kappa shape index (κ1) is 15.7. The fourth-order valence-electron chi connectivity index (χ4n) is 3.50. The third-order valence-corrected chi connectivity index (χ3v) is 5.61. The van der Waals surface area contributed by atoms with E-state index in [4.69, 9.17) is 5.11 Å². The molecule has 0 atom stereocenters. The van der Waals surface area contributed by atoms with Crippen molar-refractivity contribution in [3.8, 4) is 0 Å². The number of carboxylic acids is 1. The molecule has 2 N–H and O–H groups in total. The van der Waals surface area contributed by atoms with Crippen molar-refractivity contribution >= 4 is 23.6 Å². The number of aliphatic carboxylic acids is 1. The Balaban J connectivity index is 1.89. The number of carboxylic acid groups (broad SMARTS) is 1. The van der Waals surface area contributed by atoms with Crippen LogP contribution in [0, 0.1) is 5.41 Å². The molecule has 1 heterocycles. The highest BCUT2D eigenvalue weighted by Crippen LogP contribution is 2.42. The molecule has 2 aliphatic rings. The lowest BCUT2D eigenvalue weighted by Gasteiger charge is -2.36. The van der Waals surface area contributed by atoms with Gasteiger partial charge in [0.1, 0.15) is 0 Å². The van der Waals surface area contributed by atoms with Crippen molar-refractivity contribution in [2.75, 3.05) is 11.5 Å². The first-order valence-corrected chi connectivity index (χ1v) is 8.84. The van der Waals surface area contributed by atoms with Gasteiger partial charge in [-0.15, -0.1) is 0 Å². The van der Waals surface area contributed by atoms with E-state index in [0.29, 0.717) is 12.5 Å². The molecule has 0 aromatic heterocycles. The van der Waals surface area contributed by atoms with E-state index >= 15 is 0 Å². The first-order chi connectivity index (χ1) is 9.60. The molecule has 0 unspecified atom stereocenters. The van der Waals surface area contributed by atoms with Crippen LogP contribution in [-0.4, -0.2) is 34.5 Å². The fourth-order valence-corrected chi connectivity index (χ4v) is 4.61. The van der Waals surface area contributed by atoms with Crippen LogP contribution in [0.1, 0.15) is 57.8 Å². The second-order valence-corrected chi connectivity index (χ2v) is 7.49. The monoisotopic (exact) mass is 299 g/mol. The third kappa shape index (κ3) is 4.69. The van der Waals surface area contributed by atoms with E-state index in [0.717, 1.165) is 50.0 Å². The van der Waals surface area contributed by atoms with Crippen molar-refractivity contribution < 1.29 is 14.7 Å². The third-order valence-electron chi connectivity index (χ3n) is 4.56. The number of rotatable bonds is 5. The molecule has 2 rings (SSSR count). The van der Waals surface area contributed by atoms with Gasteiger partial charge in [-0.25, -0.2) is 0 Å². The molecule has 0 bridgehead atoms. The van der Waals surface area contributed by atoms with E-state index in [9.17, 15) is 9.59 Å². The van der Waals surface area contributed by atoms with E-state index in [1.54, 1.807) is 0 Å². The summed E-state index contributed by atoms with van der Waals surface area (Å²) in [7, 11) is 0. The molecule has 4 nitrogen and oxygen atoms in total. The average molecular weight is 299 g/mol. The van der Waals surface area contributed by atoms with Crippen molar-refractivity contribution in [2.24, 2.45) is 5.41 Å². The maximum Gasteiger partial charge on any atom is 0.303 e. The Kier molecular flexibility index (Phi) is 5.75. The second kappa shape index (κ2) is 7.34. The Morgan fingerprint density at radius 3 is 2.35 bits per heavy atom. The number of thioether (sulfide) groups is 1. The Labute approximate surface area is 125 Å². The van der Waals surface area contributed by atoms with Crippen LogP contribution >= 0.6 is 11.8 Å². The number of amides is 1. The minimum Gasteiger partial charge on any atom is -0.481 e. The molecule has 1 saturated carbocycles. The summed E-state index contributed by atoms with van der Waals surface area (Å²) in [5.41, 5.74) is -0.294. The van der Waals surface area contributed by atoms with Gasteiger partial charge in [0, 0.05) is 12.5 Å². The Morgan fingerprint density at radius 2 is 1.75 bits per heavy atom. The van der Waals surface area contributed by atoms with Gasteiger partial charge in [-0.1, -0.05) is 19.3 Å². The molecule has 5 heteroatoms. The molecule has 1 saturated heterocycles. The Morgan fingerprint density at radius 1 is 1.10 bits per heavy atom. The topological polar surface area (TPSA) is 66.4 Å². The maximum absolute atomic E-state index is 12.3. The molecule has 1 aliphatic heterocycles. The summed E-state index contributed by atoms with van der Waals surface area (Å²) in [5, 5.41) is 12.2. The van der Waals surface area contributed by atoms with Crippen LogP contribution in [0.5, 0.6) is 0 Å².